The van der Waals surface area contributed by atoms with Crippen LogP contribution in [0.15, 0.2) is 42.7 Å². The lowest BCUT2D eigenvalue weighted by atomic mass is 10.0. The monoisotopic (exact) mass is 389 g/mol. The molecule has 0 spiro atoms. The van der Waals surface area contributed by atoms with Crippen LogP contribution in [0.5, 0.6) is 0 Å². The van der Waals surface area contributed by atoms with Crippen LogP contribution in [0, 0.1) is 0 Å². The van der Waals surface area contributed by atoms with Crippen LogP contribution in [-0.4, -0.2) is 26.5 Å². The molecule has 140 valence electrons. The number of hydrogen-bond donors (Lipinski definition) is 2. The summed E-state index contributed by atoms with van der Waals surface area (Å²) in [5, 5.41) is 1.19. The van der Waals surface area contributed by atoms with Gasteiger partial charge in [0.25, 0.3) is 0 Å². The summed E-state index contributed by atoms with van der Waals surface area (Å²) in [7, 11) is 2.83. The third-order valence-electron chi connectivity index (χ3n) is 5.22. The maximum atomic E-state index is 6.00. The van der Waals surface area contributed by atoms with Crippen LogP contribution in [0.3, 0.4) is 0 Å². The number of rotatable bonds is 5. The summed E-state index contributed by atoms with van der Waals surface area (Å²) >= 11 is 0. The SMILES string of the molecule is Nc1nc(CCOCc2c(P)ccc3c2Cc2ccccc2-3)nc2nc[nH]c12. The molecule has 2 aromatic heterocycles. The molecule has 5 rings (SSSR count). The molecule has 0 fully saturated rings. The lowest BCUT2D eigenvalue weighted by molar-refractivity contribution is 0.123. The Morgan fingerprint density at radius 1 is 1.11 bits per heavy atom. The van der Waals surface area contributed by atoms with E-state index in [2.05, 4.69) is 65.6 Å². The van der Waals surface area contributed by atoms with Crippen molar-refractivity contribution in [3.8, 4) is 11.1 Å². The van der Waals surface area contributed by atoms with Gasteiger partial charge in [-0.05, 0) is 39.5 Å². The molecule has 1 aliphatic rings. The van der Waals surface area contributed by atoms with Crippen LogP contribution in [0.1, 0.15) is 22.5 Å². The van der Waals surface area contributed by atoms with Gasteiger partial charge in [0.1, 0.15) is 11.3 Å². The van der Waals surface area contributed by atoms with Crippen molar-refractivity contribution >= 4 is 31.5 Å². The largest absolute Gasteiger partial charge is 0.382 e. The molecule has 0 saturated carbocycles. The molecular formula is C21H20N5OP. The van der Waals surface area contributed by atoms with Crippen molar-refractivity contribution in [2.75, 3.05) is 12.3 Å². The van der Waals surface area contributed by atoms with Crippen LogP contribution in [0.4, 0.5) is 5.82 Å². The Hall–Kier alpha value is -2.82. The minimum absolute atomic E-state index is 0.420. The highest BCUT2D eigenvalue weighted by Gasteiger charge is 2.21. The van der Waals surface area contributed by atoms with Crippen molar-refractivity contribution in [2.24, 2.45) is 0 Å². The second kappa shape index (κ2) is 6.97. The minimum atomic E-state index is 0.420. The second-order valence-corrected chi connectivity index (χ2v) is 7.54. The molecule has 0 bridgehead atoms. The van der Waals surface area contributed by atoms with Gasteiger partial charge in [0.2, 0.25) is 0 Å². The van der Waals surface area contributed by atoms with Gasteiger partial charge in [-0.1, -0.05) is 36.4 Å². The molecule has 0 amide bonds. The minimum Gasteiger partial charge on any atom is -0.382 e. The van der Waals surface area contributed by atoms with E-state index >= 15 is 0 Å². The molecule has 4 aromatic rings. The van der Waals surface area contributed by atoms with Crippen LogP contribution in [0.25, 0.3) is 22.3 Å². The quantitative estimate of drug-likeness (QED) is 0.356. The van der Waals surface area contributed by atoms with Crippen LogP contribution in [0.2, 0.25) is 0 Å². The third kappa shape index (κ3) is 2.95. The fourth-order valence-corrected chi connectivity index (χ4v) is 4.17. The van der Waals surface area contributed by atoms with Gasteiger partial charge in [-0.25, -0.2) is 15.0 Å². The van der Waals surface area contributed by atoms with Crippen molar-refractivity contribution in [1.82, 2.24) is 19.9 Å². The van der Waals surface area contributed by atoms with E-state index in [0.29, 0.717) is 42.4 Å². The van der Waals surface area contributed by atoms with Gasteiger partial charge >= 0.3 is 0 Å². The Labute approximate surface area is 164 Å². The zero-order valence-electron chi connectivity index (χ0n) is 15.3. The number of H-pyrrole nitrogens is 1. The number of nitrogens with zero attached hydrogens (tertiary/aromatic N) is 3. The van der Waals surface area contributed by atoms with Crippen LogP contribution >= 0.6 is 9.24 Å². The Morgan fingerprint density at radius 2 is 2.00 bits per heavy atom. The smallest absolute Gasteiger partial charge is 0.183 e. The summed E-state index contributed by atoms with van der Waals surface area (Å²) in [6.07, 6.45) is 3.13. The van der Waals surface area contributed by atoms with Gasteiger partial charge in [-0.3, -0.25) is 0 Å². The topological polar surface area (TPSA) is 89.7 Å². The highest BCUT2D eigenvalue weighted by atomic mass is 31.0. The molecule has 28 heavy (non-hydrogen) atoms. The van der Waals surface area contributed by atoms with E-state index in [1.54, 1.807) is 6.33 Å². The van der Waals surface area contributed by atoms with Crippen molar-refractivity contribution in [3.63, 3.8) is 0 Å². The maximum absolute atomic E-state index is 6.00. The number of aromatic amines is 1. The lowest BCUT2D eigenvalue weighted by Gasteiger charge is -2.13. The van der Waals surface area contributed by atoms with Crippen molar-refractivity contribution in [1.29, 1.82) is 0 Å². The number of imidazole rings is 1. The summed E-state index contributed by atoms with van der Waals surface area (Å²) in [6, 6.07) is 13.0. The van der Waals surface area contributed by atoms with Crippen LogP contribution in [-0.2, 0) is 24.2 Å². The number of aromatic nitrogens is 4. The molecular weight excluding hydrogens is 369 g/mol. The first-order valence-corrected chi connectivity index (χ1v) is 9.80. The number of hydrogen-bond acceptors (Lipinski definition) is 5. The Bertz CT molecular complexity index is 1190. The summed E-state index contributed by atoms with van der Waals surface area (Å²) in [6.45, 7) is 1.09. The number of nitrogen functional groups attached to an aromatic ring is 1. The number of nitrogens with one attached hydrogen (secondary N) is 1. The van der Waals surface area contributed by atoms with Gasteiger partial charge in [0, 0.05) is 6.42 Å². The average Bonchev–Trinajstić information content (AvgIpc) is 3.31. The molecule has 0 aliphatic heterocycles. The Kier molecular flexibility index (Phi) is 4.30. The van der Waals surface area contributed by atoms with Crippen molar-refractivity contribution in [3.05, 3.63) is 65.2 Å². The van der Waals surface area contributed by atoms with Gasteiger partial charge in [0.15, 0.2) is 11.5 Å². The number of fused-ring (bicyclic) bond motifs is 4. The third-order valence-corrected chi connectivity index (χ3v) is 5.76. The first-order chi connectivity index (χ1) is 13.7. The summed E-state index contributed by atoms with van der Waals surface area (Å²) < 4.78 is 6.00. The molecule has 0 radical (unpaired) electrons. The molecule has 6 nitrogen and oxygen atoms in total. The van der Waals surface area contributed by atoms with Crippen molar-refractivity contribution < 1.29 is 4.74 Å². The first-order valence-electron chi connectivity index (χ1n) is 9.22. The summed E-state index contributed by atoms with van der Waals surface area (Å²) in [5.74, 6) is 1.07. The summed E-state index contributed by atoms with van der Waals surface area (Å²) in [4.78, 5) is 15.9. The van der Waals surface area contributed by atoms with Gasteiger partial charge < -0.3 is 15.5 Å². The zero-order chi connectivity index (χ0) is 19.1. The van der Waals surface area contributed by atoms with E-state index in [4.69, 9.17) is 10.5 Å². The van der Waals surface area contributed by atoms with Crippen molar-refractivity contribution in [2.45, 2.75) is 19.4 Å². The maximum Gasteiger partial charge on any atom is 0.183 e. The van der Waals surface area contributed by atoms with Gasteiger partial charge in [-0.15, -0.1) is 9.24 Å². The molecule has 2 heterocycles. The molecule has 2 aromatic carbocycles. The number of benzene rings is 2. The first kappa shape index (κ1) is 17.3. The van der Waals surface area contributed by atoms with E-state index in [9.17, 15) is 0 Å². The molecule has 1 aliphatic carbocycles. The van der Waals surface area contributed by atoms with E-state index in [1.807, 2.05) is 0 Å². The second-order valence-electron chi connectivity index (χ2n) is 6.92. The lowest BCUT2D eigenvalue weighted by Crippen LogP contribution is -2.11. The van der Waals surface area contributed by atoms with E-state index < -0.39 is 0 Å². The van der Waals surface area contributed by atoms with E-state index in [-0.39, 0.29) is 0 Å². The predicted octanol–water partition coefficient (Wildman–Crippen LogP) is 2.77. The predicted molar refractivity (Wildman–Crippen MR) is 113 cm³/mol. The highest BCUT2D eigenvalue weighted by Crippen LogP contribution is 2.38. The van der Waals surface area contributed by atoms with Gasteiger partial charge in [0.05, 0.1) is 19.5 Å². The van der Waals surface area contributed by atoms with Gasteiger partial charge in [-0.2, -0.15) is 0 Å². The highest BCUT2D eigenvalue weighted by molar-refractivity contribution is 7.27. The molecule has 1 atom stereocenters. The van der Waals surface area contributed by atoms with Crippen LogP contribution < -0.4 is 11.0 Å². The fourth-order valence-electron chi connectivity index (χ4n) is 3.82. The molecule has 0 saturated heterocycles. The zero-order valence-corrected chi connectivity index (χ0v) is 16.4. The summed E-state index contributed by atoms with van der Waals surface area (Å²) in [5.41, 5.74) is 13.9. The number of ether oxygens (including phenoxy) is 1. The average molecular weight is 389 g/mol. The normalized spacial score (nSPS) is 12.3. The fraction of sp³-hybridized carbons (Fsp3) is 0.190. The number of anilines is 1. The Morgan fingerprint density at radius 3 is 2.93 bits per heavy atom. The van der Waals surface area contributed by atoms with E-state index in [1.165, 1.54) is 33.1 Å². The molecule has 3 N–H and O–H groups in total. The van der Waals surface area contributed by atoms with E-state index in [0.717, 1.165) is 6.42 Å². The molecule has 1 unspecified atom stereocenters. The standard InChI is InChI=1S/C21H20N5OP/c22-20-19-21(24-11-23-19)26-18(25-20)7-8-27-10-16-15-9-12-3-1-2-4-13(12)14(15)5-6-17(16)28/h1-6,11H,7-10,28H2,(H3,22,23,24,25,26). The molecule has 7 heteroatoms. The number of nitrogens with two attached hydrogens (primary N) is 1. The Balaban J connectivity index is 1.30.